The minimum absolute atomic E-state index is 0.0506. The molecule has 0 aliphatic rings. The zero-order chi connectivity index (χ0) is 33.8. The molecule has 2 aromatic carbocycles. The summed E-state index contributed by atoms with van der Waals surface area (Å²) in [5, 5.41) is 11.6. The molecule has 0 unspecified atom stereocenters. The molecule has 4 N–H and O–H groups in total. The number of unbranched alkanes of at least 4 members (excludes halogenated alkanes) is 4. The van der Waals surface area contributed by atoms with Gasteiger partial charge >= 0.3 is 0 Å². The van der Waals surface area contributed by atoms with E-state index < -0.39 is 0 Å². The third-order valence-corrected chi connectivity index (χ3v) is 9.59. The Morgan fingerprint density at radius 1 is 0.521 bits per heavy atom. The second-order valence-corrected chi connectivity index (χ2v) is 13.1. The molecule has 4 rings (SSSR count). The number of hydrogen-bond donors (Lipinski definition) is 4. The summed E-state index contributed by atoms with van der Waals surface area (Å²) in [7, 11) is 2.87. The molecule has 0 bridgehead atoms. The fourth-order valence-corrected chi connectivity index (χ4v) is 6.99. The van der Waals surface area contributed by atoms with Crippen molar-refractivity contribution in [1.82, 2.24) is 20.6 Å². The van der Waals surface area contributed by atoms with Crippen LogP contribution in [0.2, 0.25) is 0 Å². The van der Waals surface area contributed by atoms with E-state index in [4.69, 9.17) is 0 Å². The van der Waals surface area contributed by atoms with E-state index in [2.05, 4.69) is 31.2 Å². The highest BCUT2D eigenvalue weighted by atomic mass is 33.1. The van der Waals surface area contributed by atoms with Crippen molar-refractivity contribution in [2.45, 2.75) is 61.2 Å². The maximum Gasteiger partial charge on any atom is 0.252 e. The van der Waals surface area contributed by atoms with Gasteiger partial charge in [-0.3, -0.25) is 29.1 Å². The zero-order valence-corrected chi connectivity index (χ0v) is 28.3. The highest BCUT2D eigenvalue weighted by Crippen LogP contribution is 2.40. The van der Waals surface area contributed by atoms with Gasteiger partial charge in [0, 0.05) is 48.1 Å². The monoisotopic (exact) mass is 684 g/mol. The molecule has 0 spiro atoms. The van der Waals surface area contributed by atoms with Crippen LogP contribution in [0.4, 0.5) is 11.4 Å². The Kier molecular flexibility index (Phi) is 15.5. The van der Waals surface area contributed by atoms with Crippen LogP contribution >= 0.6 is 21.6 Å². The van der Waals surface area contributed by atoms with E-state index in [0.717, 1.165) is 48.3 Å². The maximum atomic E-state index is 13.0. The van der Waals surface area contributed by atoms with Crippen LogP contribution in [-0.4, -0.2) is 46.7 Å². The molecule has 0 atom stereocenters. The van der Waals surface area contributed by atoms with E-state index in [9.17, 15) is 19.2 Å². The molecule has 250 valence electrons. The van der Waals surface area contributed by atoms with Crippen LogP contribution in [0.15, 0.2) is 107 Å². The molecule has 4 aromatic rings. The summed E-state index contributed by atoms with van der Waals surface area (Å²) in [6.45, 7) is 1.02. The summed E-state index contributed by atoms with van der Waals surface area (Å²) in [4.78, 5) is 59.8. The van der Waals surface area contributed by atoms with E-state index in [1.807, 2.05) is 36.4 Å². The van der Waals surface area contributed by atoms with Crippen molar-refractivity contribution in [2.24, 2.45) is 0 Å². The van der Waals surface area contributed by atoms with Crippen LogP contribution in [0.25, 0.3) is 0 Å². The number of carbonyl (C=O) groups is 4. The quantitative estimate of drug-likeness (QED) is 0.0604. The van der Waals surface area contributed by atoms with Crippen LogP contribution in [-0.2, 0) is 9.59 Å². The van der Waals surface area contributed by atoms with Crippen LogP contribution < -0.4 is 21.3 Å². The first-order valence-corrected chi connectivity index (χ1v) is 18.1. The third-order valence-electron chi connectivity index (χ3n) is 7.11. The molecule has 12 heteroatoms. The Hall–Kier alpha value is -4.68. The normalized spacial score (nSPS) is 10.6. The van der Waals surface area contributed by atoms with Gasteiger partial charge in [-0.15, -0.1) is 0 Å². The van der Waals surface area contributed by atoms with Gasteiger partial charge in [0.1, 0.15) is 0 Å². The molecular formula is C36H40N6O4S2. The summed E-state index contributed by atoms with van der Waals surface area (Å²) in [5.41, 5.74) is 2.50. The van der Waals surface area contributed by atoms with Gasteiger partial charge in [-0.05, 0) is 74.2 Å². The number of hydrogen-bond acceptors (Lipinski definition) is 8. The molecule has 10 nitrogen and oxygen atoms in total. The first-order valence-electron chi connectivity index (χ1n) is 16.0. The number of nitrogens with zero attached hydrogens (tertiary/aromatic N) is 2. The van der Waals surface area contributed by atoms with Crippen LogP contribution in [0.5, 0.6) is 0 Å². The molecule has 4 amide bonds. The minimum Gasteiger partial charge on any atom is -0.352 e. The fourth-order valence-electron chi connectivity index (χ4n) is 4.63. The fraction of sp³-hybridized carbons (Fsp3) is 0.278. The van der Waals surface area contributed by atoms with E-state index in [-0.39, 0.29) is 23.6 Å². The first-order chi connectivity index (χ1) is 23.5. The molecule has 0 saturated carbocycles. The third kappa shape index (κ3) is 12.8. The molecule has 0 fully saturated rings. The van der Waals surface area contributed by atoms with Gasteiger partial charge in [0.15, 0.2) is 0 Å². The smallest absolute Gasteiger partial charge is 0.252 e. The molecule has 0 aliphatic carbocycles. The predicted octanol–water partition coefficient (Wildman–Crippen LogP) is 7.13. The van der Waals surface area contributed by atoms with Gasteiger partial charge in [0.05, 0.1) is 34.9 Å². The topological polar surface area (TPSA) is 142 Å². The average molecular weight is 685 g/mol. The Morgan fingerprint density at radius 2 is 0.958 bits per heavy atom. The second kappa shape index (κ2) is 20.5. The summed E-state index contributed by atoms with van der Waals surface area (Å²) >= 11 is 0. The van der Waals surface area contributed by atoms with Crippen molar-refractivity contribution < 1.29 is 19.2 Å². The SMILES string of the molecule is O=C(CCCCCNC(=O)c1ccccc1SSc1ccccc1C(=O)NCCCCCC(=O)Nc1cccnc1)Nc1cccnc1. The van der Waals surface area contributed by atoms with Gasteiger partial charge in [-0.2, -0.15) is 0 Å². The zero-order valence-electron chi connectivity index (χ0n) is 26.7. The van der Waals surface area contributed by atoms with Gasteiger partial charge in [-0.25, -0.2) is 0 Å². The largest absolute Gasteiger partial charge is 0.352 e. The Bertz CT molecular complexity index is 1500. The maximum absolute atomic E-state index is 13.0. The molecule has 0 radical (unpaired) electrons. The average Bonchev–Trinajstić information content (AvgIpc) is 3.11. The van der Waals surface area contributed by atoms with E-state index >= 15 is 0 Å². The van der Waals surface area contributed by atoms with Crippen LogP contribution in [0.3, 0.4) is 0 Å². The minimum atomic E-state index is -0.159. The predicted molar refractivity (Wildman–Crippen MR) is 192 cm³/mol. The number of carbonyl (C=O) groups excluding carboxylic acids is 4. The highest BCUT2D eigenvalue weighted by Gasteiger charge is 2.15. The highest BCUT2D eigenvalue weighted by molar-refractivity contribution is 8.76. The number of anilines is 2. The Labute approximate surface area is 289 Å². The lowest BCUT2D eigenvalue weighted by molar-refractivity contribution is -0.117. The number of aromatic nitrogens is 2. The van der Waals surface area contributed by atoms with Crippen molar-refractivity contribution in [3.63, 3.8) is 0 Å². The summed E-state index contributed by atoms with van der Waals surface area (Å²) in [6, 6.07) is 22.0. The molecule has 2 heterocycles. The van der Waals surface area contributed by atoms with Gasteiger partial charge in [-0.1, -0.05) is 58.7 Å². The molecule has 48 heavy (non-hydrogen) atoms. The molecule has 2 aromatic heterocycles. The van der Waals surface area contributed by atoms with Gasteiger partial charge in [0.2, 0.25) is 11.8 Å². The number of nitrogens with one attached hydrogen (secondary N) is 4. The van der Waals surface area contributed by atoms with Gasteiger partial charge in [0.25, 0.3) is 11.8 Å². The van der Waals surface area contributed by atoms with E-state index in [0.29, 0.717) is 48.4 Å². The Morgan fingerprint density at radius 3 is 1.38 bits per heavy atom. The van der Waals surface area contributed by atoms with Crippen molar-refractivity contribution in [2.75, 3.05) is 23.7 Å². The number of pyridine rings is 2. The van der Waals surface area contributed by atoms with Crippen molar-refractivity contribution in [3.8, 4) is 0 Å². The molecule has 0 aliphatic heterocycles. The Balaban J connectivity index is 1.15. The first kappa shape index (κ1) is 36.2. The lowest BCUT2D eigenvalue weighted by Crippen LogP contribution is -2.25. The van der Waals surface area contributed by atoms with Crippen molar-refractivity contribution in [3.05, 3.63) is 109 Å². The standard InChI is InChI=1S/C36H40N6O4S2/c43-33(41-27-13-11-21-37-25-27)19-3-1-9-23-39-35(45)29-15-5-7-17-31(29)47-48-32-18-8-6-16-30(32)36(46)40-24-10-2-4-20-34(44)42-28-14-12-22-38-26-28/h5-8,11-18,21-22,25-26H,1-4,9-10,19-20,23-24H2,(H,39,45)(H,40,46)(H,41,43)(H,42,44). The van der Waals surface area contributed by atoms with Crippen LogP contribution in [0.1, 0.15) is 72.1 Å². The van der Waals surface area contributed by atoms with E-state index in [1.165, 1.54) is 21.6 Å². The second-order valence-electron chi connectivity index (χ2n) is 10.9. The lowest BCUT2D eigenvalue weighted by Gasteiger charge is -2.12. The lowest BCUT2D eigenvalue weighted by atomic mass is 10.1. The summed E-state index contributed by atoms with van der Waals surface area (Å²) in [5.74, 6) is -0.419. The molecular weight excluding hydrogens is 645 g/mol. The summed E-state index contributed by atoms with van der Waals surface area (Å²) < 4.78 is 0. The summed E-state index contributed by atoms with van der Waals surface area (Å²) in [6.07, 6.45) is 12.0. The van der Waals surface area contributed by atoms with Crippen molar-refractivity contribution in [1.29, 1.82) is 0 Å². The molecule has 0 saturated heterocycles. The number of benzene rings is 2. The van der Waals surface area contributed by atoms with Gasteiger partial charge < -0.3 is 21.3 Å². The number of amides is 4. The number of rotatable bonds is 19. The van der Waals surface area contributed by atoms with Crippen LogP contribution in [0, 0.1) is 0 Å². The van der Waals surface area contributed by atoms with Crippen molar-refractivity contribution >= 4 is 56.6 Å². The van der Waals surface area contributed by atoms with E-state index in [1.54, 1.807) is 61.2 Å².